The second-order valence-electron chi connectivity index (χ2n) is 8.37. The molecule has 3 aromatic rings. The normalized spacial score (nSPS) is 17.9. The molecule has 4 rings (SSSR count). The van der Waals surface area contributed by atoms with E-state index in [1.807, 2.05) is 6.07 Å². The van der Waals surface area contributed by atoms with Crippen LogP contribution in [0.15, 0.2) is 54.2 Å². The first-order valence-corrected chi connectivity index (χ1v) is 11.6. The van der Waals surface area contributed by atoms with E-state index in [2.05, 4.69) is 23.7 Å². The minimum atomic E-state index is -1.02. The van der Waals surface area contributed by atoms with E-state index in [9.17, 15) is 19.1 Å². The summed E-state index contributed by atoms with van der Waals surface area (Å²) in [4.78, 5) is 34.4. The van der Waals surface area contributed by atoms with Gasteiger partial charge in [0.15, 0.2) is 5.76 Å². The molecule has 0 bridgehead atoms. The molecule has 34 heavy (non-hydrogen) atoms. The van der Waals surface area contributed by atoms with Crippen LogP contribution < -0.4 is 0 Å². The maximum absolute atomic E-state index is 15.0. The van der Waals surface area contributed by atoms with E-state index in [1.165, 1.54) is 11.0 Å². The molecule has 1 amide bonds. The molecule has 0 aliphatic carbocycles. The number of aliphatic hydroxyl groups is 1. The molecule has 1 aliphatic heterocycles. The van der Waals surface area contributed by atoms with Gasteiger partial charge in [-0.1, -0.05) is 38.1 Å². The molecule has 0 unspecified atom stereocenters. The molecular weight excluding hydrogens is 435 g/mol. The molecule has 178 valence electrons. The van der Waals surface area contributed by atoms with Crippen LogP contribution in [-0.4, -0.2) is 62.2 Å². The minimum absolute atomic E-state index is 0.119. The van der Waals surface area contributed by atoms with E-state index in [-0.39, 0.29) is 23.4 Å². The maximum Gasteiger partial charge on any atom is 0.295 e. The number of ketones is 1. The molecule has 1 aliphatic rings. The largest absolute Gasteiger partial charge is 0.505 e. The highest BCUT2D eigenvalue weighted by Crippen LogP contribution is 2.40. The second-order valence-corrected chi connectivity index (χ2v) is 8.37. The third kappa shape index (κ3) is 4.09. The summed E-state index contributed by atoms with van der Waals surface area (Å²) in [7, 11) is 0. The SMILES string of the molecule is CCN(CC)CCCN1C(=O)C(=O)C(=C(O)c2c(C)nc3ccccn23)[C@H]1c1ccccc1F. The molecule has 0 radical (unpaired) electrons. The van der Waals surface area contributed by atoms with E-state index in [4.69, 9.17) is 0 Å². The van der Waals surface area contributed by atoms with Crippen molar-refractivity contribution in [3.8, 4) is 0 Å². The van der Waals surface area contributed by atoms with E-state index < -0.39 is 23.5 Å². The Bertz CT molecular complexity index is 1260. The number of halogens is 1. The van der Waals surface area contributed by atoms with Gasteiger partial charge >= 0.3 is 0 Å². The summed E-state index contributed by atoms with van der Waals surface area (Å²) < 4.78 is 16.6. The van der Waals surface area contributed by atoms with Crippen LogP contribution in [0.5, 0.6) is 0 Å². The summed E-state index contributed by atoms with van der Waals surface area (Å²) in [5, 5.41) is 11.4. The van der Waals surface area contributed by atoms with E-state index in [1.54, 1.807) is 47.9 Å². The Hall–Kier alpha value is -3.52. The first-order valence-electron chi connectivity index (χ1n) is 11.6. The molecule has 3 heterocycles. The molecule has 0 spiro atoms. The molecule has 2 aromatic heterocycles. The molecule has 0 saturated carbocycles. The van der Waals surface area contributed by atoms with Crippen molar-refractivity contribution in [3.05, 3.63) is 77.0 Å². The Morgan fingerprint density at radius 1 is 1.12 bits per heavy atom. The Balaban J connectivity index is 1.83. The summed E-state index contributed by atoms with van der Waals surface area (Å²) in [5.74, 6) is -2.45. The molecular formula is C26H29FN4O3. The number of benzene rings is 1. The number of Topliss-reactive ketones (excluding diaryl/α,β-unsaturated/α-hetero) is 1. The number of aryl methyl sites for hydroxylation is 1. The van der Waals surface area contributed by atoms with Crippen molar-refractivity contribution in [3.63, 3.8) is 0 Å². The van der Waals surface area contributed by atoms with Crippen LogP contribution in [0.2, 0.25) is 0 Å². The van der Waals surface area contributed by atoms with E-state index >= 15 is 0 Å². The topological polar surface area (TPSA) is 78.2 Å². The van der Waals surface area contributed by atoms with Gasteiger partial charge in [-0.15, -0.1) is 0 Å². The van der Waals surface area contributed by atoms with Crippen LogP contribution in [0.4, 0.5) is 4.39 Å². The van der Waals surface area contributed by atoms with E-state index in [0.717, 1.165) is 19.6 Å². The molecule has 1 fully saturated rings. The zero-order valence-electron chi connectivity index (χ0n) is 19.7. The van der Waals surface area contributed by atoms with E-state index in [0.29, 0.717) is 23.5 Å². The van der Waals surface area contributed by atoms with Crippen molar-refractivity contribution in [2.45, 2.75) is 33.2 Å². The number of aromatic nitrogens is 2. The highest BCUT2D eigenvalue weighted by atomic mass is 19.1. The standard InChI is InChI=1S/C26H29FN4O3/c1-4-29(5-2)14-10-16-31-23(18-11-6-7-12-19(18)27)21(25(33)26(31)34)24(32)22-17(3)28-20-13-8-9-15-30(20)22/h6-9,11-13,15,23,32H,4-5,10,14,16H2,1-3H3/t23-/m1/s1. The van der Waals surface area contributed by atoms with Crippen molar-refractivity contribution in [1.82, 2.24) is 19.2 Å². The molecule has 7 nitrogen and oxygen atoms in total. The Morgan fingerprint density at radius 2 is 1.82 bits per heavy atom. The number of pyridine rings is 1. The van der Waals surface area contributed by atoms with Gasteiger partial charge in [-0.2, -0.15) is 0 Å². The van der Waals surface area contributed by atoms with Gasteiger partial charge < -0.3 is 14.9 Å². The zero-order chi connectivity index (χ0) is 24.4. The number of rotatable bonds is 8. The van der Waals surface area contributed by atoms with Gasteiger partial charge in [0.25, 0.3) is 11.7 Å². The van der Waals surface area contributed by atoms with Crippen molar-refractivity contribution < 1.29 is 19.1 Å². The number of carbonyl (C=O) groups excluding carboxylic acids is 2. The fraction of sp³-hybridized carbons (Fsp3) is 0.346. The van der Waals surface area contributed by atoms with Crippen LogP contribution in [0.25, 0.3) is 11.4 Å². The fourth-order valence-corrected chi connectivity index (χ4v) is 4.66. The van der Waals surface area contributed by atoms with Crippen molar-refractivity contribution in [2.24, 2.45) is 0 Å². The first kappa shape index (κ1) is 23.6. The number of hydrogen-bond acceptors (Lipinski definition) is 5. The highest BCUT2D eigenvalue weighted by molar-refractivity contribution is 6.46. The number of fused-ring (bicyclic) bond motifs is 1. The highest BCUT2D eigenvalue weighted by Gasteiger charge is 2.47. The quantitative estimate of drug-likeness (QED) is 0.310. The van der Waals surface area contributed by atoms with Crippen molar-refractivity contribution in [1.29, 1.82) is 0 Å². The smallest absolute Gasteiger partial charge is 0.295 e. The first-order chi connectivity index (χ1) is 16.4. The lowest BCUT2D eigenvalue weighted by Crippen LogP contribution is -2.33. The number of nitrogens with zero attached hydrogens (tertiary/aromatic N) is 4. The van der Waals surface area contributed by atoms with Gasteiger partial charge in [-0.05, 0) is 51.2 Å². The van der Waals surface area contributed by atoms with Gasteiger partial charge in [0, 0.05) is 18.3 Å². The van der Waals surface area contributed by atoms with Gasteiger partial charge in [-0.3, -0.25) is 14.0 Å². The van der Waals surface area contributed by atoms with Gasteiger partial charge in [0.05, 0.1) is 17.3 Å². The van der Waals surface area contributed by atoms with Gasteiger partial charge in [0.1, 0.15) is 17.2 Å². The Labute approximate surface area is 198 Å². The molecule has 1 N–H and O–H groups in total. The Kier molecular flexibility index (Phi) is 6.79. The van der Waals surface area contributed by atoms with Crippen LogP contribution in [-0.2, 0) is 9.59 Å². The Morgan fingerprint density at radius 3 is 2.53 bits per heavy atom. The van der Waals surface area contributed by atoms with Crippen LogP contribution >= 0.6 is 0 Å². The second kappa shape index (κ2) is 9.77. The van der Waals surface area contributed by atoms with Crippen LogP contribution in [0, 0.1) is 12.7 Å². The number of carbonyl (C=O) groups is 2. The predicted octanol–water partition coefficient (Wildman–Crippen LogP) is 3.94. The summed E-state index contributed by atoms with van der Waals surface area (Å²) in [6.45, 7) is 8.61. The number of likely N-dealkylation sites (tertiary alicyclic amines) is 1. The summed E-state index contributed by atoms with van der Waals surface area (Å²) in [6, 6.07) is 10.4. The molecule has 1 aromatic carbocycles. The third-order valence-electron chi connectivity index (χ3n) is 6.44. The third-order valence-corrected chi connectivity index (χ3v) is 6.44. The lowest BCUT2D eigenvalue weighted by atomic mass is 9.95. The monoisotopic (exact) mass is 464 g/mol. The summed E-state index contributed by atoms with van der Waals surface area (Å²) in [5.41, 5.74) is 1.48. The predicted molar refractivity (Wildman–Crippen MR) is 128 cm³/mol. The number of hydrogen-bond donors (Lipinski definition) is 1. The van der Waals surface area contributed by atoms with Crippen LogP contribution in [0.1, 0.15) is 43.3 Å². The molecule has 1 saturated heterocycles. The number of amides is 1. The summed E-state index contributed by atoms with van der Waals surface area (Å²) in [6.07, 6.45) is 2.34. The van der Waals surface area contributed by atoms with Gasteiger partial charge in [0.2, 0.25) is 0 Å². The minimum Gasteiger partial charge on any atom is -0.505 e. The maximum atomic E-state index is 15.0. The lowest BCUT2D eigenvalue weighted by molar-refractivity contribution is -0.140. The number of aliphatic hydroxyl groups excluding tert-OH is 1. The average Bonchev–Trinajstić information content (AvgIpc) is 3.30. The average molecular weight is 465 g/mol. The van der Waals surface area contributed by atoms with Crippen molar-refractivity contribution in [2.75, 3.05) is 26.2 Å². The van der Waals surface area contributed by atoms with Gasteiger partial charge in [-0.25, -0.2) is 9.37 Å². The van der Waals surface area contributed by atoms with Crippen molar-refractivity contribution >= 4 is 23.1 Å². The molecule has 1 atom stereocenters. The van der Waals surface area contributed by atoms with Crippen LogP contribution in [0.3, 0.4) is 0 Å². The number of imidazole rings is 1. The lowest BCUT2D eigenvalue weighted by Gasteiger charge is -2.27. The molecule has 8 heteroatoms. The summed E-state index contributed by atoms with van der Waals surface area (Å²) >= 11 is 0. The fourth-order valence-electron chi connectivity index (χ4n) is 4.66. The zero-order valence-corrected chi connectivity index (χ0v) is 19.7.